The fraction of sp³-hybridized carbons (Fsp3) is 0.438. The summed E-state index contributed by atoms with van der Waals surface area (Å²) in [6, 6.07) is 6.97. The Kier molecular flexibility index (Phi) is 3.27. The molecule has 5 nitrogen and oxygen atoms in total. The SMILES string of the molecule is CC1(C)CCCN(c2ccc([N+](=O)[O-])c3cccnc23)C1. The zero-order chi connectivity index (χ0) is 15.0. The summed E-state index contributed by atoms with van der Waals surface area (Å²) >= 11 is 0. The van der Waals surface area contributed by atoms with E-state index in [4.69, 9.17) is 0 Å². The van der Waals surface area contributed by atoms with Crippen LogP contribution in [0.1, 0.15) is 26.7 Å². The van der Waals surface area contributed by atoms with Gasteiger partial charge in [0.2, 0.25) is 0 Å². The topological polar surface area (TPSA) is 59.3 Å². The average Bonchev–Trinajstić information content (AvgIpc) is 2.44. The van der Waals surface area contributed by atoms with E-state index in [1.54, 1.807) is 24.4 Å². The molecular weight excluding hydrogens is 266 g/mol. The van der Waals surface area contributed by atoms with E-state index in [1.807, 2.05) is 6.07 Å². The minimum Gasteiger partial charge on any atom is -0.369 e. The summed E-state index contributed by atoms with van der Waals surface area (Å²) in [5.41, 5.74) is 2.12. The van der Waals surface area contributed by atoms with E-state index in [9.17, 15) is 10.1 Å². The molecule has 5 heteroatoms. The number of aromatic nitrogens is 1. The number of pyridine rings is 1. The van der Waals surface area contributed by atoms with Gasteiger partial charge in [0, 0.05) is 25.4 Å². The summed E-state index contributed by atoms with van der Waals surface area (Å²) in [7, 11) is 0. The van der Waals surface area contributed by atoms with Crippen LogP contribution in [0.25, 0.3) is 10.9 Å². The lowest BCUT2D eigenvalue weighted by Gasteiger charge is -2.39. The molecule has 0 unspecified atom stereocenters. The molecule has 110 valence electrons. The van der Waals surface area contributed by atoms with Crippen LogP contribution in [0.2, 0.25) is 0 Å². The first kappa shape index (κ1) is 13.8. The molecule has 0 N–H and O–H groups in total. The zero-order valence-corrected chi connectivity index (χ0v) is 12.4. The summed E-state index contributed by atoms with van der Waals surface area (Å²) in [5, 5.41) is 11.8. The number of anilines is 1. The molecule has 0 bridgehead atoms. The van der Waals surface area contributed by atoms with Crippen LogP contribution in [0.3, 0.4) is 0 Å². The number of rotatable bonds is 2. The molecule has 1 saturated heterocycles. The van der Waals surface area contributed by atoms with E-state index in [1.165, 1.54) is 6.42 Å². The molecule has 1 aromatic heterocycles. The van der Waals surface area contributed by atoms with Crippen molar-refractivity contribution in [3.8, 4) is 0 Å². The van der Waals surface area contributed by atoms with E-state index < -0.39 is 0 Å². The zero-order valence-electron chi connectivity index (χ0n) is 12.4. The van der Waals surface area contributed by atoms with Gasteiger partial charge in [-0.15, -0.1) is 0 Å². The Bertz CT molecular complexity index is 697. The predicted molar refractivity (Wildman–Crippen MR) is 83.6 cm³/mol. The quantitative estimate of drug-likeness (QED) is 0.622. The smallest absolute Gasteiger partial charge is 0.278 e. The van der Waals surface area contributed by atoms with Gasteiger partial charge in [0.25, 0.3) is 5.69 Å². The largest absolute Gasteiger partial charge is 0.369 e. The van der Waals surface area contributed by atoms with Gasteiger partial charge in [-0.3, -0.25) is 15.1 Å². The van der Waals surface area contributed by atoms with E-state index in [2.05, 4.69) is 23.7 Å². The van der Waals surface area contributed by atoms with E-state index in [-0.39, 0.29) is 16.0 Å². The third kappa shape index (κ3) is 2.55. The first-order valence-corrected chi connectivity index (χ1v) is 7.25. The van der Waals surface area contributed by atoms with Gasteiger partial charge < -0.3 is 4.90 Å². The molecule has 1 aliphatic heterocycles. The maximum absolute atomic E-state index is 11.2. The van der Waals surface area contributed by atoms with Crippen molar-refractivity contribution in [1.82, 2.24) is 4.98 Å². The van der Waals surface area contributed by atoms with Gasteiger partial charge >= 0.3 is 0 Å². The summed E-state index contributed by atoms with van der Waals surface area (Å²) in [6.07, 6.45) is 4.05. The molecule has 2 aromatic rings. The Morgan fingerprint density at radius 3 is 2.86 bits per heavy atom. The number of piperidine rings is 1. The molecule has 0 spiro atoms. The van der Waals surface area contributed by atoms with Crippen molar-refractivity contribution >= 4 is 22.3 Å². The van der Waals surface area contributed by atoms with E-state index >= 15 is 0 Å². The molecule has 3 rings (SSSR count). The standard InChI is InChI=1S/C16H19N3O2/c1-16(2)8-4-10-18(11-16)14-7-6-13(19(20)21)12-5-3-9-17-15(12)14/h3,5-7,9H,4,8,10-11H2,1-2H3. The average molecular weight is 285 g/mol. The maximum Gasteiger partial charge on any atom is 0.278 e. The van der Waals surface area contributed by atoms with Crippen molar-refractivity contribution in [2.75, 3.05) is 18.0 Å². The number of nitro benzene ring substituents is 1. The lowest BCUT2D eigenvalue weighted by Crippen LogP contribution is -2.40. The number of benzene rings is 1. The van der Waals surface area contributed by atoms with Crippen molar-refractivity contribution in [3.05, 3.63) is 40.6 Å². The molecular formula is C16H19N3O2. The summed E-state index contributed by atoms with van der Waals surface area (Å²) in [4.78, 5) is 17.5. The van der Waals surface area contributed by atoms with Crippen molar-refractivity contribution in [2.24, 2.45) is 5.41 Å². The molecule has 0 radical (unpaired) electrons. The molecule has 0 saturated carbocycles. The fourth-order valence-electron chi connectivity index (χ4n) is 3.19. The van der Waals surface area contributed by atoms with Crippen molar-refractivity contribution < 1.29 is 4.92 Å². The third-order valence-electron chi connectivity index (χ3n) is 4.16. The van der Waals surface area contributed by atoms with E-state index in [0.717, 1.165) is 30.7 Å². The molecule has 2 heterocycles. The first-order valence-electron chi connectivity index (χ1n) is 7.25. The van der Waals surface area contributed by atoms with Crippen LogP contribution in [-0.2, 0) is 0 Å². The minimum absolute atomic E-state index is 0.123. The van der Waals surface area contributed by atoms with Gasteiger partial charge in [0.15, 0.2) is 0 Å². The van der Waals surface area contributed by atoms with Gasteiger partial charge in [-0.2, -0.15) is 0 Å². The Morgan fingerprint density at radius 1 is 1.33 bits per heavy atom. The Morgan fingerprint density at radius 2 is 2.14 bits per heavy atom. The number of nitrogens with zero attached hydrogens (tertiary/aromatic N) is 3. The number of fused-ring (bicyclic) bond motifs is 1. The number of hydrogen-bond acceptors (Lipinski definition) is 4. The second-order valence-corrected chi connectivity index (χ2v) is 6.45. The van der Waals surface area contributed by atoms with Gasteiger partial charge in [-0.25, -0.2) is 0 Å². The Labute approximate surface area is 123 Å². The molecule has 21 heavy (non-hydrogen) atoms. The lowest BCUT2D eigenvalue weighted by molar-refractivity contribution is -0.383. The highest BCUT2D eigenvalue weighted by molar-refractivity contribution is 5.97. The fourth-order valence-corrected chi connectivity index (χ4v) is 3.19. The van der Waals surface area contributed by atoms with Crippen molar-refractivity contribution in [2.45, 2.75) is 26.7 Å². The van der Waals surface area contributed by atoms with Crippen LogP contribution in [0.5, 0.6) is 0 Å². The van der Waals surface area contributed by atoms with Gasteiger partial charge in [-0.05, 0) is 36.5 Å². The van der Waals surface area contributed by atoms with Crippen LogP contribution in [0.15, 0.2) is 30.5 Å². The maximum atomic E-state index is 11.2. The number of non-ortho nitro benzene ring substituents is 1. The minimum atomic E-state index is -0.339. The van der Waals surface area contributed by atoms with Crippen LogP contribution < -0.4 is 4.90 Å². The molecule has 0 aliphatic carbocycles. The van der Waals surface area contributed by atoms with Crippen LogP contribution in [-0.4, -0.2) is 23.0 Å². The lowest BCUT2D eigenvalue weighted by atomic mass is 9.84. The van der Waals surface area contributed by atoms with E-state index in [0.29, 0.717) is 5.39 Å². The summed E-state index contributed by atoms with van der Waals surface area (Å²) in [6.45, 7) is 6.46. The van der Waals surface area contributed by atoms with Crippen LogP contribution in [0, 0.1) is 15.5 Å². The molecule has 0 amide bonds. The van der Waals surface area contributed by atoms with Gasteiger partial charge in [-0.1, -0.05) is 13.8 Å². The Hall–Kier alpha value is -2.17. The first-order chi connectivity index (χ1) is 9.98. The highest BCUT2D eigenvalue weighted by Gasteiger charge is 2.28. The molecule has 0 atom stereocenters. The highest BCUT2D eigenvalue weighted by Crippen LogP contribution is 2.36. The van der Waals surface area contributed by atoms with Gasteiger partial charge in [0.05, 0.1) is 16.0 Å². The predicted octanol–water partition coefficient (Wildman–Crippen LogP) is 3.77. The van der Waals surface area contributed by atoms with Gasteiger partial charge in [0.1, 0.15) is 5.52 Å². The molecule has 1 aromatic carbocycles. The van der Waals surface area contributed by atoms with Crippen LogP contribution in [0.4, 0.5) is 11.4 Å². The monoisotopic (exact) mass is 285 g/mol. The molecule has 1 fully saturated rings. The summed E-state index contributed by atoms with van der Waals surface area (Å²) < 4.78 is 0. The normalized spacial score (nSPS) is 17.9. The van der Waals surface area contributed by atoms with Crippen molar-refractivity contribution in [3.63, 3.8) is 0 Å². The highest BCUT2D eigenvalue weighted by atomic mass is 16.6. The molecule has 1 aliphatic rings. The second-order valence-electron chi connectivity index (χ2n) is 6.45. The number of hydrogen-bond donors (Lipinski definition) is 0. The van der Waals surface area contributed by atoms with Crippen LogP contribution >= 0.6 is 0 Å². The third-order valence-corrected chi connectivity index (χ3v) is 4.16. The summed E-state index contributed by atoms with van der Waals surface area (Å²) in [5.74, 6) is 0. The van der Waals surface area contributed by atoms with Crippen molar-refractivity contribution in [1.29, 1.82) is 0 Å². The number of nitro groups is 1. The second kappa shape index (κ2) is 4.98. The Balaban J connectivity index is 2.12.